The number of aryl methyl sites for hydroxylation is 2. The Morgan fingerprint density at radius 3 is 2.44 bits per heavy atom. The number of nitrogen functional groups attached to an aromatic ring is 1. The molecule has 0 aromatic carbocycles. The molecular formula is C12H24N4. The molecular weight excluding hydrogens is 200 g/mol. The number of nitrogens with zero attached hydrogens (tertiary/aromatic N) is 2. The first-order valence-corrected chi connectivity index (χ1v) is 6.23. The normalized spacial score (nSPS) is 11.1. The SMILES string of the molecule is CCCn1nc(C)c(N)c1NC(CC)CC. The number of aromatic nitrogens is 2. The van der Waals surface area contributed by atoms with Crippen LogP contribution in [0.4, 0.5) is 11.5 Å². The predicted molar refractivity (Wildman–Crippen MR) is 69.7 cm³/mol. The van der Waals surface area contributed by atoms with Crippen molar-refractivity contribution < 1.29 is 0 Å². The van der Waals surface area contributed by atoms with Gasteiger partial charge in [-0.3, -0.25) is 0 Å². The lowest BCUT2D eigenvalue weighted by Gasteiger charge is -2.17. The second-order valence-electron chi connectivity index (χ2n) is 4.23. The number of rotatable bonds is 6. The molecule has 0 bridgehead atoms. The van der Waals surface area contributed by atoms with Gasteiger partial charge in [0.15, 0.2) is 0 Å². The highest BCUT2D eigenvalue weighted by Gasteiger charge is 2.14. The van der Waals surface area contributed by atoms with E-state index in [0.29, 0.717) is 6.04 Å². The number of hydrogen-bond donors (Lipinski definition) is 2. The molecule has 4 nitrogen and oxygen atoms in total. The molecule has 1 rings (SSSR count). The fraction of sp³-hybridized carbons (Fsp3) is 0.750. The van der Waals surface area contributed by atoms with Crippen LogP contribution in [0.3, 0.4) is 0 Å². The van der Waals surface area contributed by atoms with Gasteiger partial charge in [0.25, 0.3) is 0 Å². The first-order chi connectivity index (χ1) is 7.63. The molecule has 0 radical (unpaired) electrons. The molecule has 0 amide bonds. The number of nitrogens with two attached hydrogens (primary N) is 1. The lowest BCUT2D eigenvalue weighted by atomic mass is 10.2. The molecule has 0 fully saturated rings. The van der Waals surface area contributed by atoms with Gasteiger partial charge >= 0.3 is 0 Å². The van der Waals surface area contributed by atoms with Crippen LogP contribution in [0.25, 0.3) is 0 Å². The first kappa shape index (κ1) is 12.9. The average Bonchev–Trinajstić information content (AvgIpc) is 2.53. The minimum atomic E-state index is 0.481. The topological polar surface area (TPSA) is 55.9 Å². The van der Waals surface area contributed by atoms with E-state index >= 15 is 0 Å². The summed E-state index contributed by atoms with van der Waals surface area (Å²) < 4.78 is 1.99. The zero-order valence-corrected chi connectivity index (χ0v) is 10.9. The highest BCUT2D eigenvalue weighted by atomic mass is 15.3. The monoisotopic (exact) mass is 224 g/mol. The summed E-state index contributed by atoms with van der Waals surface area (Å²) >= 11 is 0. The number of anilines is 2. The van der Waals surface area contributed by atoms with Crippen LogP contribution < -0.4 is 11.1 Å². The highest BCUT2D eigenvalue weighted by molar-refractivity contribution is 5.65. The van der Waals surface area contributed by atoms with E-state index in [1.165, 1.54) is 0 Å². The van der Waals surface area contributed by atoms with E-state index in [-0.39, 0.29) is 0 Å². The van der Waals surface area contributed by atoms with Crippen LogP contribution in [-0.4, -0.2) is 15.8 Å². The predicted octanol–water partition coefficient (Wildman–Crippen LogP) is 2.78. The summed E-state index contributed by atoms with van der Waals surface area (Å²) in [5, 5.41) is 7.95. The maximum atomic E-state index is 6.05. The molecule has 16 heavy (non-hydrogen) atoms. The van der Waals surface area contributed by atoms with Gasteiger partial charge < -0.3 is 11.1 Å². The van der Waals surface area contributed by atoms with Crippen LogP contribution >= 0.6 is 0 Å². The summed E-state index contributed by atoms with van der Waals surface area (Å²) in [6.07, 6.45) is 3.27. The lowest BCUT2D eigenvalue weighted by molar-refractivity contribution is 0.588. The standard InChI is InChI=1S/C12H24N4/c1-5-8-16-12(11(13)9(4)15-16)14-10(6-2)7-3/h10,14H,5-8,13H2,1-4H3. The Hall–Kier alpha value is -1.19. The van der Waals surface area contributed by atoms with Gasteiger partial charge in [0.2, 0.25) is 0 Å². The number of nitrogens with one attached hydrogen (secondary N) is 1. The molecule has 1 heterocycles. The van der Waals surface area contributed by atoms with Crippen molar-refractivity contribution in [2.24, 2.45) is 0 Å². The molecule has 1 aromatic heterocycles. The first-order valence-electron chi connectivity index (χ1n) is 6.23. The van der Waals surface area contributed by atoms with E-state index in [2.05, 4.69) is 31.2 Å². The number of hydrogen-bond acceptors (Lipinski definition) is 3. The van der Waals surface area contributed by atoms with Crippen LogP contribution in [0.1, 0.15) is 45.7 Å². The van der Waals surface area contributed by atoms with Gasteiger partial charge in [0.05, 0.1) is 11.4 Å². The second kappa shape index (κ2) is 5.77. The molecule has 1 aromatic rings. The van der Waals surface area contributed by atoms with Gasteiger partial charge in [-0.1, -0.05) is 20.8 Å². The third kappa shape index (κ3) is 2.68. The fourth-order valence-electron chi connectivity index (χ4n) is 1.81. The Morgan fingerprint density at radius 1 is 1.31 bits per heavy atom. The van der Waals surface area contributed by atoms with E-state index in [4.69, 9.17) is 5.73 Å². The Kier molecular flexibility index (Phi) is 4.65. The van der Waals surface area contributed by atoms with Crippen molar-refractivity contribution in [1.82, 2.24) is 9.78 Å². The van der Waals surface area contributed by atoms with E-state index in [1.807, 2.05) is 11.6 Å². The summed E-state index contributed by atoms with van der Waals surface area (Å²) in [5.74, 6) is 0.994. The van der Waals surface area contributed by atoms with Crippen molar-refractivity contribution in [3.8, 4) is 0 Å². The van der Waals surface area contributed by atoms with E-state index in [1.54, 1.807) is 0 Å². The summed E-state index contributed by atoms with van der Waals surface area (Å²) in [6.45, 7) is 9.39. The summed E-state index contributed by atoms with van der Waals surface area (Å²) in [7, 11) is 0. The van der Waals surface area contributed by atoms with Crippen molar-refractivity contribution in [3.05, 3.63) is 5.69 Å². The molecule has 3 N–H and O–H groups in total. The van der Waals surface area contributed by atoms with Crippen molar-refractivity contribution >= 4 is 11.5 Å². The molecule has 0 aliphatic heterocycles. The molecule has 0 unspecified atom stereocenters. The molecule has 0 saturated carbocycles. The molecule has 0 atom stereocenters. The average molecular weight is 224 g/mol. The smallest absolute Gasteiger partial charge is 0.148 e. The van der Waals surface area contributed by atoms with Crippen LogP contribution in [0.5, 0.6) is 0 Å². The van der Waals surface area contributed by atoms with E-state index in [0.717, 1.165) is 43.0 Å². The van der Waals surface area contributed by atoms with Gasteiger partial charge in [-0.15, -0.1) is 0 Å². The zero-order chi connectivity index (χ0) is 12.1. The second-order valence-corrected chi connectivity index (χ2v) is 4.23. The zero-order valence-electron chi connectivity index (χ0n) is 10.9. The van der Waals surface area contributed by atoms with Crippen LogP contribution in [0, 0.1) is 6.92 Å². The van der Waals surface area contributed by atoms with E-state index in [9.17, 15) is 0 Å². The molecule has 0 saturated heterocycles. The highest BCUT2D eigenvalue weighted by Crippen LogP contribution is 2.24. The van der Waals surface area contributed by atoms with Crippen LogP contribution in [-0.2, 0) is 6.54 Å². The fourth-order valence-corrected chi connectivity index (χ4v) is 1.81. The van der Waals surface area contributed by atoms with Crippen molar-refractivity contribution in [1.29, 1.82) is 0 Å². The van der Waals surface area contributed by atoms with Gasteiger partial charge in [0, 0.05) is 12.6 Å². The minimum Gasteiger partial charge on any atom is -0.394 e. The van der Waals surface area contributed by atoms with Crippen LogP contribution in [0.2, 0.25) is 0 Å². The van der Waals surface area contributed by atoms with Gasteiger partial charge in [-0.2, -0.15) is 5.10 Å². The molecule has 92 valence electrons. The third-order valence-corrected chi connectivity index (χ3v) is 2.94. The molecule has 0 aliphatic carbocycles. The lowest BCUT2D eigenvalue weighted by Crippen LogP contribution is -2.20. The van der Waals surface area contributed by atoms with Crippen molar-refractivity contribution in [2.75, 3.05) is 11.1 Å². The van der Waals surface area contributed by atoms with Crippen molar-refractivity contribution in [2.45, 2.75) is 59.5 Å². The maximum absolute atomic E-state index is 6.05. The Balaban J connectivity index is 2.91. The Morgan fingerprint density at radius 2 is 1.94 bits per heavy atom. The minimum absolute atomic E-state index is 0.481. The molecule has 4 heteroatoms. The van der Waals surface area contributed by atoms with Gasteiger partial charge in [0.1, 0.15) is 5.82 Å². The van der Waals surface area contributed by atoms with Crippen molar-refractivity contribution in [3.63, 3.8) is 0 Å². The third-order valence-electron chi connectivity index (χ3n) is 2.94. The van der Waals surface area contributed by atoms with E-state index < -0.39 is 0 Å². The van der Waals surface area contributed by atoms with Crippen LogP contribution in [0.15, 0.2) is 0 Å². The largest absolute Gasteiger partial charge is 0.394 e. The Labute approximate surface area is 98.2 Å². The maximum Gasteiger partial charge on any atom is 0.148 e. The molecule has 0 aliphatic rings. The summed E-state index contributed by atoms with van der Waals surface area (Å²) in [5.41, 5.74) is 7.76. The van der Waals surface area contributed by atoms with Gasteiger partial charge in [-0.05, 0) is 26.2 Å². The Bertz CT molecular complexity index is 326. The summed E-state index contributed by atoms with van der Waals surface area (Å²) in [6, 6.07) is 0.481. The molecule has 0 spiro atoms. The quantitative estimate of drug-likeness (QED) is 0.781. The van der Waals surface area contributed by atoms with Gasteiger partial charge in [-0.25, -0.2) is 4.68 Å². The summed E-state index contributed by atoms with van der Waals surface area (Å²) in [4.78, 5) is 0.